The highest BCUT2D eigenvalue weighted by Gasteiger charge is 2.21. The molecule has 0 unspecified atom stereocenters. The van der Waals surface area contributed by atoms with Gasteiger partial charge in [-0.3, -0.25) is 29.0 Å². The van der Waals surface area contributed by atoms with Crippen LogP contribution in [0.2, 0.25) is 0 Å². The number of carbonyl (C=O) groups excluding carboxylic acids is 8. The fourth-order valence-electron chi connectivity index (χ4n) is 7.09. The molecule has 0 aromatic heterocycles. The standard InChI is InChI=1S/C54H104N10O12/c1-51(2,3)73-47(69)59-33-25-17-13-21-29-55-43(65)39-63(40-44(66)56-30-22-14-18-26-34-60-48(70)74-52(4,5)6)37-38-64(41-45(67)57-31-23-15-19-27-35-61-49(71)75-53(7,8)9)42-46(68)58-32-24-16-20-28-36-62-50(72)76-54(10,11)12/h13-42H2,1-12H3,(H,55,65)(H,56,66)(H,57,67)(H,58,68)(H,59,69)(H,60,70)(H,61,71)(H,62,72). The van der Waals surface area contributed by atoms with Gasteiger partial charge in [0.2, 0.25) is 23.6 Å². The van der Waals surface area contributed by atoms with Gasteiger partial charge in [0.05, 0.1) is 26.2 Å². The van der Waals surface area contributed by atoms with Gasteiger partial charge in [-0.25, -0.2) is 19.2 Å². The van der Waals surface area contributed by atoms with Crippen molar-refractivity contribution in [3.8, 4) is 0 Å². The van der Waals surface area contributed by atoms with Gasteiger partial charge in [0.25, 0.3) is 0 Å². The molecule has 0 atom stereocenters. The van der Waals surface area contributed by atoms with Gasteiger partial charge in [0.1, 0.15) is 22.4 Å². The van der Waals surface area contributed by atoms with Gasteiger partial charge in [0.15, 0.2) is 0 Å². The van der Waals surface area contributed by atoms with Crippen LogP contribution >= 0.6 is 0 Å². The van der Waals surface area contributed by atoms with Crippen molar-refractivity contribution in [2.45, 2.75) is 208 Å². The number of hydrogen-bond acceptors (Lipinski definition) is 14. The largest absolute Gasteiger partial charge is 0.444 e. The van der Waals surface area contributed by atoms with Gasteiger partial charge in [-0.2, -0.15) is 0 Å². The molecule has 76 heavy (non-hydrogen) atoms. The summed E-state index contributed by atoms with van der Waals surface area (Å²) in [6.45, 7) is 25.5. The predicted octanol–water partition coefficient (Wildman–Crippen LogP) is 6.40. The Labute approximate surface area is 456 Å². The van der Waals surface area contributed by atoms with Crippen LogP contribution in [-0.2, 0) is 38.1 Å². The molecule has 0 rings (SSSR count). The molecule has 0 saturated carbocycles. The fourth-order valence-corrected chi connectivity index (χ4v) is 7.09. The lowest BCUT2D eigenvalue weighted by Gasteiger charge is -2.26. The summed E-state index contributed by atoms with van der Waals surface area (Å²) in [4.78, 5) is 104. The third-order valence-electron chi connectivity index (χ3n) is 10.6. The number of hydrogen-bond donors (Lipinski definition) is 8. The molecule has 0 heterocycles. The summed E-state index contributed by atoms with van der Waals surface area (Å²) in [5.74, 6) is -1.05. The molecule has 0 saturated heterocycles. The van der Waals surface area contributed by atoms with E-state index in [0.717, 1.165) is 103 Å². The third kappa shape index (κ3) is 49.7. The number of nitrogens with one attached hydrogen (secondary N) is 8. The zero-order chi connectivity index (χ0) is 57.5. The van der Waals surface area contributed by atoms with Gasteiger partial charge in [0, 0.05) is 65.4 Å². The smallest absolute Gasteiger partial charge is 0.407 e. The Kier molecular flexibility index (Phi) is 37.4. The number of amides is 8. The maximum atomic E-state index is 13.3. The molecule has 8 N–H and O–H groups in total. The van der Waals surface area contributed by atoms with Crippen molar-refractivity contribution in [2.24, 2.45) is 0 Å². The van der Waals surface area contributed by atoms with Gasteiger partial charge in [-0.1, -0.05) is 51.4 Å². The maximum absolute atomic E-state index is 13.3. The highest BCUT2D eigenvalue weighted by atomic mass is 16.6. The van der Waals surface area contributed by atoms with Crippen LogP contribution in [0.3, 0.4) is 0 Å². The average Bonchev–Trinajstić information content (AvgIpc) is 3.26. The number of unbranched alkanes of at least 4 members (excludes halogenated alkanes) is 12. The molecule has 0 spiro atoms. The van der Waals surface area contributed by atoms with Gasteiger partial charge in [-0.05, 0) is 134 Å². The first-order valence-electron chi connectivity index (χ1n) is 27.9. The van der Waals surface area contributed by atoms with E-state index in [4.69, 9.17) is 18.9 Å². The molecule has 0 aliphatic heterocycles. The van der Waals surface area contributed by atoms with E-state index in [0.29, 0.717) is 52.4 Å². The minimum Gasteiger partial charge on any atom is -0.444 e. The SMILES string of the molecule is CC(C)(C)OC(=O)NCCCCCCNC(=O)CN(CCN(CC(=O)NCCCCCCNC(=O)OC(C)(C)C)CC(=O)NCCCCCCNC(=O)OC(C)(C)C)CC(=O)NCCCCCCNC(=O)OC(C)(C)C. The van der Waals surface area contributed by atoms with Crippen LogP contribution in [0.4, 0.5) is 19.2 Å². The second-order valence-corrected chi connectivity index (χ2v) is 23.2. The Morgan fingerprint density at radius 2 is 0.421 bits per heavy atom. The van der Waals surface area contributed by atoms with Crippen LogP contribution < -0.4 is 42.5 Å². The number of rotatable bonds is 39. The predicted molar refractivity (Wildman–Crippen MR) is 296 cm³/mol. The summed E-state index contributed by atoms with van der Waals surface area (Å²) >= 11 is 0. The first kappa shape index (κ1) is 70.9. The number of alkyl carbamates (subject to hydrolysis) is 4. The Hall–Kier alpha value is -5.12. The van der Waals surface area contributed by atoms with Crippen LogP contribution in [-0.4, -0.2) is 172 Å². The van der Waals surface area contributed by atoms with E-state index in [9.17, 15) is 38.4 Å². The van der Waals surface area contributed by atoms with Crippen LogP contribution in [0.15, 0.2) is 0 Å². The Balaban J connectivity index is 5.53. The maximum Gasteiger partial charge on any atom is 0.407 e. The zero-order valence-electron chi connectivity index (χ0n) is 49.0. The fraction of sp³-hybridized carbons (Fsp3) is 0.852. The highest BCUT2D eigenvalue weighted by Crippen LogP contribution is 2.10. The van der Waals surface area contributed by atoms with Gasteiger partial charge < -0.3 is 61.5 Å². The van der Waals surface area contributed by atoms with Gasteiger partial charge >= 0.3 is 24.4 Å². The second-order valence-electron chi connectivity index (χ2n) is 23.2. The lowest BCUT2D eigenvalue weighted by atomic mass is 10.2. The minimum absolute atomic E-state index is 0.0787. The van der Waals surface area contributed by atoms with Crippen molar-refractivity contribution in [3.63, 3.8) is 0 Å². The van der Waals surface area contributed by atoms with Crippen LogP contribution in [0.25, 0.3) is 0 Å². The topological polar surface area (TPSA) is 276 Å². The third-order valence-corrected chi connectivity index (χ3v) is 10.6. The number of ether oxygens (including phenoxy) is 4. The lowest BCUT2D eigenvalue weighted by molar-refractivity contribution is -0.128. The number of nitrogens with zero attached hydrogens (tertiary/aromatic N) is 2. The summed E-state index contributed by atoms with van der Waals surface area (Å²) in [6, 6.07) is 0. The van der Waals surface area contributed by atoms with Crippen molar-refractivity contribution in [2.75, 3.05) is 91.6 Å². The monoisotopic (exact) mass is 1080 g/mol. The van der Waals surface area contributed by atoms with E-state index < -0.39 is 46.8 Å². The Morgan fingerprint density at radius 3 is 0.579 bits per heavy atom. The highest BCUT2D eigenvalue weighted by molar-refractivity contribution is 5.82. The molecule has 0 radical (unpaired) electrons. The van der Waals surface area contributed by atoms with Gasteiger partial charge in [-0.15, -0.1) is 0 Å². The molecule has 22 nitrogen and oxygen atoms in total. The molecule has 0 fully saturated rings. The first-order chi connectivity index (χ1) is 35.5. The van der Waals surface area contributed by atoms with E-state index >= 15 is 0 Å². The van der Waals surface area contributed by atoms with Crippen molar-refractivity contribution in [1.82, 2.24) is 52.3 Å². The molecule has 0 aromatic carbocycles. The quantitative estimate of drug-likeness (QED) is 0.0245. The normalized spacial score (nSPS) is 11.8. The van der Waals surface area contributed by atoms with Crippen molar-refractivity contribution in [3.05, 3.63) is 0 Å². The van der Waals surface area contributed by atoms with E-state index in [1.54, 1.807) is 9.80 Å². The summed E-state index contributed by atoms with van der Waals surface area (Å²) < 4.78 is 21.1. The summed E-state index contributed by atoms with van der Waals surface area (Å²) in [7, 11) is 0. The van der Waals surface area contributed by atoms with E-state index in [1.807, 2.05) is 83.1 Å². The van der Waals surface area contributed by atoms with E-state index in [2.05, 4.69) is 42.5 Å². The Bertz CT molecular complexity index is 1440. The molecule has 0 bridgehead atoms. The molecule has 0 aromatic rings. The molecular formula is C54H104N10O12. The molecule has 0 aliphatic carbocycles. The van der Waals surface area contributed by atoms with E-state index in [1.165, 1.54) is 0 Å². The lowest BCUT2D eigenvalue weighted by Crippen LogP contribution is -2.49. The zero-order valence-corrected chi connectivity index (χ0v) is 49.0. The molecule has 0 aliphatic rings. The van der Waals surface area contributed by atoms with Crippen molar-refractivity contribution >= 4 is 48.0 Å². The first-order valence-corrected chi connectivity index (χ1v) is 27.9. The second kappa shape index (κ2) is 40.1. The molecular weight excluding hydrogens is 981 g/mol. The Morgan fingerprint density at radius 1 is 0.263 bits per heavy atom. The average molecular weight is 1090 g/mol. The van der Waals surface area contributed by atoms with Crippen molar-refractivity contribution in [1.29, 1.82) is 0 Å². The summed E-state index contributed by atoms with van der Waals surface area (Å²) in [6.07, 6.45) is 10.9. The molecule has 442 valence electrons. The van der Waals surface area contributed by atoms with Crippen LogP contribution in [0, 0.1) is 0 Å². The molecule has 8 amide bonds. The minimum atomic E-state index is -0.568. The number of carbonyl (C=O) groups is 8. The van der Waals surface area contributed by atoms with E-state index in [-0.39, 0.29) is 62.9 Å². The van der Waals surface area contributed by atoms with Crippen LogP contribution in [0.1, 0.15) is 186 Å². The van der Waals surface area contributed by atoms with Crippen molar-refractivity contribution < 1.29 is 57.3 Å². The summed E-state index contributed by atoms with van der Waals surface area (Å²) in [5, 5.41) is 22.8. The summed E-state index contributed by atoms with van der Waals surface area (Å²) in [5.41, 5.74) is -2.27. The van der Waals surface area contributed by atoms with Crippen LogP contribution in [0.5, 0.6) is 0 Å². The molecule has 22 heteroatoms.